The first-order valence-corrected chi connectivity index (χ1v) is 6.72. The number of aromatic nitrogens is 2. The van der Waals surface area contributed by atoms with Crippen molar-refractivity contribution < 1.29 is 9.90 Å². The lowest BCUT2D eigenvalue weighted by atomic mass is 10.2. The van der Waals surface area contributed by atoms with E-state index in [2.05, 4.69) is 14.9 Å². The number of carboxylic acids is 1. The third-order valence-corrected chi connectivity index (χ3v) is 4.49. The second kappa shape index (κ2) is 4.20. The Labute approximate surface area is 108 Å². The van der Waals surface area contributed by atoms with Gasteiger partial charge in [0.1, 0.15) is 21.9 Å². The minimum atomic E-state index is -0.886. The van der Waals surface area contributed by atoms with Gasteiger partial charge in [0.2, 0.25) is 0 Å². The predicted molar refractivity (Wildman–Crippen MR) is 70.6 cm³/mol. The van der Waals surface area contributed by atoms with E-state index in [0.717, 1.165) is 34.7 Å². The van der Waals surface area contributed by atoms with Crippen molar-refractivity contribution in [3.05, 3.63) is 16.8 Å². The van der Waals surface area contributed by atoms with Gasteiger partial charge in [-0.1, -0.05) is 0 Å². The van der Waals surface area contributed by atoms with Crippen LogP contribution in [0.4, 0.5) is 5.82 Å². The van der Waals surface area contributed by atoms with Crippen molar-refractivity contribution >= 4 is 33.3 Å². The fourth-order valence-electron chi connectivity index (χ4n) is 2.43. The maximum Gasteiger partial charge on any atom is 0.346 e. The summed E-state index contributed by atoms with van der Waals surface area (Å²) in [5.74, 6) is 0.00150. The summed E-state index contributed by atoms with van der Waals surface area (Å²) in [5.41, 5.74) is 0.782. The van der Waals surface area contributed by atoms with E-state index in [1.807, 2.05) is 6.92 Å². The normalized spacial score (nSPS) is 15.5. The van der Waals surface area contributed by atoms with Crippen LogP contribution < -0.4 is 4.90 Å². The van der Waals surface area contributed by atoms with Gasteiger partial charge in [0.25, 0.3) is 0 Å². The smallest absolute Gasteiger partial charge is 0.346 e. The quantitative estimate of drug-likeness (QED) is 0.900. The van der Waals surface area contributed by atoms with E-state index in [-0.39, 0.29) is 0 Å². The average molecular weight is 263 g/mol. The van der Waals surface area contributed by atoms with E-state index >= 15 is 0 Å². The molecule has 94 valence electrons. The van der Waals surface area contributed by atoms with Gasteiger partial charge in [-0.25, -0.2) is 14.8 Å². The first kappa shape index (κ1) is 11.4. The van der Waals surface area contributed by atoms with Crippen molar-refractivity contribution in [3.63, 3.8) is 0 Å². The summed E-state index contributed by atoms with van der Waals surface area (Å²) < 4.78 is 0. The molecule has 1 aliphatic heterocycles. The fraction of sp³-hybridized carbons (Fsp3) is 0.417. The first-order chi connectivity index (χ1) is 8.68. The highest BCUT2D eigenvalue weighted by Gasteiger charge is 2.22. The third-order valence-electron chi connectivity index (χ3n) is 3.31. The van der Waals surface area contributed by atoms with Gasteiger partial charge in [-0.05, 0) is 25.3 Å². The first-order valence-electron chi connectivity index (χ1n) is 5.91. The van der Waals surface area contributed by atoms with Crippen molar-refractivity contribution in [1.29, 1.82) is 0 Å². The van der Waals surface area contributed by atoms with Crippen LogP contribution in [-0.4, -0.2) is 34.1 Å². The summed E-state index contributed by atoms with van der Waals surface area (Å²) in [7, 11) is 0. The molecule has 2 aromatic heterocycles. The Morgan fingerprint density at radius 3 is 2.78 bits per heavy atom. The summed E-state index contributed by atoms with van der Waals surface area (Å²) >= 11 is 1.23. The van der Waals surface area contributed by atoms with Gasteiger partial charge in [-0.3, -0.25) is 0 Å². The number of aromatic carboxylic acids is 1. The third kappa shape index (κ3) is 1.64. The highest BCUT2D eigenvalue weighted by molar-refractivity contribution is 7.20. The highest BCUT2D eigenvalue weighted by Crippen LogP contribution is 2.35. The molecule has 0 amide bonds. The molecule has 6 heteroatoms. The van der Waals surface area contributed by atoms with Crippen LogP contribution in [0.15, 0.2) is 6.33 Å². The molecule has 3 rings (SSSR count). The molecule has 1 fully saturated rings. The Hall–Kier alpha value is -1.69. The fourth-order valence-corrected chi connectivity index (χ4v) is 3.41. The second-order valence-corrected chi connectivity index (χ2v) is 5.43. The van der Waals surface area contributed by atoms with E-state index < -0.39 is 5.97 Å². The lowest BCUT2D eigenvalue weighted by Crippen LogP contribution is -2.19. The van der Waals surface area contributed by atoms with Gasteiger partial charge < -0.3 is 10.0 Å². The molecular formula is C12H13N3O2S. The Morgan fingerprint density at radius 1 is 1.39 bits per heavy atom. The molecule has 0 atom stereocenters. The van der Waals surface area contributed by atoms with Crippen LogP contribution >= 0.6 is 11.3 Å². The maximum atomic E-state index is 11.2. The van der Waals surface area contributed by atoms with E-state index in [1.54, 1.807) is 0 Å². The molecule has 0 unspecified atom stereocenters. The summed E-state index contributed by atoms with van der Waals surface area (Å²) in [4.78, 5) is 23.1. The van der Waals surface area contributed by atoms with Crippen LogP contribution in [0.3, 0.4) is 0 Å². The van der Waals surface area contributed by atoms with Gasteiger partial charge in [0.15, 0.2) is 0 Å². The number of carbonyl (C=O) groups is 1. The Balaban J connectivity index is 2.23. The number of hydrogen-bond acceptors (Lipinski definition) is 5. The zero-order valence-corrected chi connectivity index (χ0v) is 10.8. The standard InChI is InChI=1S/C12H13N3O2S/c1-7-8-10(15-4-2-3-5-15)13-6-14-11(8)18-9(7)12(16)17/h6H,2-5H2,1H3,(H,16,17). The lowest BCUT2D eigenvalue weighted by Gasteiger charge is -2.17. The second-order valence-electron chi connectivity index (χ2n) is 4.43. The largest absolute Gasteiger partial charge is 0.477 e. The average Bonchev–Trinajstić information content (AvgIpc) is 2.97. The maximum absolute atomic E-state index is 11.2. The van der Waals surface area contributed by atoms with E-state index in [4.69, 9.17) is 0 Å². The lowest BCUT2D eigenvalue weighted by molar-refractivity contribution is 0.0701. The van der Waals surface area contributed by atoms with E-state index in [0.29, 0.717) is 4.88 Å². The van der Waals surface area contributed by atoms with Gasteiger partial charge >= 0.3 is 5.97 Å². The number of fused-ring (bicyclic) bond motifs is 1. The van der Waals surface area contributed by atoms with E-state index in [1.165, 1.54) is 30.5 Å². The summed E-state index contributed by atoms with van der Waals surface area (Å²) in [6.45, 7) is 3.82. The van der Waals surface area contributed by atoms with Crippen LogP contribution in [0, 0.1) is 6.92 Å². The molecule has 0 saturated carbocycles. The molecule has 0 radical (unpaired) electrons. The number of nitrogens with zero attached hydrogens (tertiary/aromatic N) is 3. The number of aryl methyl sites for hydroxylation is 1. The van der Waals surface area contributed by atoms with Crippen molar-refractivity contribution in [2.45, 2.75) is 19.8 Å². The number of anilines is 1. The minimum Gasteiger partial charge on any atom is -0.477 e. The van der Waals surface area contributed by atoms with E-state index in [9.17, 15) is 9.90 Å². The molecule has 3 heterocycles. The van der Waals surface area contributed by atoms with Gasteiger partial charge in [0.05, 0.1) is 5.39 Å². The molecule has 1 saturated heterocycles. The molecule has 1 N–H and O–H groups in total. The molecule has 18 heavy (non-hydrogen) atoms. The highest BCUT2D eigenvalue weighted by atomic mass is 32.1. The molecular weight excluding hydrogens is 250 g/mol. The van der Waals surface area contributed by atoms with Crippen molar-refractivity contribution in [3.8, 4) is 0 Å². The zero-order valence-electron chi connectivity index (χ0n) is 10.0. The molecule has 2 aromatic rings. The molecule has 0 bridgehead atoms. The Kier molecular flexibility index (Phi) is 2.66. The minimum absolute atomic E-state index is 0.367. The molecule has 0 aliphatic carbocycles. The van der Waals surface area contributed by atoms with Crippen molar-refractivity contribution in [2.75, 3.05) is 18.0 Å². The Morgan fingerprint density at radius 2 is 2.11 bits per heavy atom. The number of thiophene rings is 1. The molecule has 5 nitrogen and oxygen atoms in total. The SMILES string of the molecule is Cc1c(C(=O)O)sc2ncnc(N3CCCC3)c12. The van der Waals surface area contributed by atoms with Crippen LogP contribution in [0.1, 0.15) is 28.1 Å². The van der Waals surface area contributed by atoms with Crippen molar-refractivity contribution in [1.82, 2.24) is 9.97 Å². The number of rotatable bonds is 2. The zero-order chi connectivity index (χ0) is 12.7. The summed E-state index contributed by atoms with van der Waals surface area (Å²) in [6, 6.07) is 0. The molecule has 1 aliphatic rings. The topological polar surface area (TPSA) is 66.3 Å². The Bertz CT molecular complexity index is 617. The van der Waals surface area contributed by atoms with Crippen LogP contribution in [0.5, 0.6) is 0 Å². The van der Waals surface area contributed by atoms with Gasteiger partial charge in [-0.2, -0.15) is 0 Å². The van der Waals surface area contributed by atoms with Crippen LogP contribution in [-0.2, 0) is 0 Å². The summed E-state index contributed by atoms with van der Waals surface area (Å²) in [6.07, 6.45) is 3.86. The van der Waals surface area contributed by atoms with Gasteiger partial charge in [0, 0.05) is 13.1 Å². The predicted octanol–water partition coefficient (Wildman–Crippen LogP) is 2.30. The number of carboxylic acid groups (broad SMARTS) is 1. The molecule has 0 spiro atoms. The molecule has 0 aromatic carbocycles. The van der Waals surface area contributed by atoms with Crippen molar-refractivity contribution in [2.24, 2.45) is 0 Å². The van der Waals surface area contributed by atoms with Crippen LogP contribution in [0.25, 0.3) is 10.2 Å². The van der Waals surface area contributed by atoms with Gasteiger partial charge in [-0.15, -0.1) is 11.3 Å². The number of hydrogen-bond donors (Lipinski definition) is 1. The summed E-state index contributed by atoms with van der Waals surface area (Å²) in [5, 5.41) is 10.1. The monoisotopic (exact) mass is 263 g/mol. The van der Waals surface area contributed by atoms with Crippen LogP contribution in [0.2, 0.25) is 0 Å².